The minimum Gasteiger partial charge on any atom is -0.497 e. The highest BCUT2D eigenvalue weighted by atomic mass is 19.1. The zero-order valence-electron chi connectivity index (χ0n) is 8.73. The maximum Gasteiger partial charge on any atom is 0.134 e. The van der Waals surface area contributed by atoms with Crippen molar-refractivity contribution in [3.63, 3.8) is 0 Å². The molecule has 82 valence electrons. The van der Waals surface area contributed by atoms with Gasteiger partial charge < -0.3 is 10.1 Å². The van der Waals surface area contributed by atoms with Gasteiger partial charge in [-0.3, -0.25) is 0 Å². The Hall–Kier alpha value is -1.16. The molecule has 4 heteroatoms. The van der Waals surface area contributed by atoms with Gasteiger partial charge in [0, 0.05) is 23.2 Å². The first-order valence-electron chi connectivity index (χ1n) is 4.85. The molecule has 0 unspecified atom stereocenters. The molecule has 0 atom stereocenters. The lowest BCUT2D eigenvalue weighted by molar-refractivity contribution is 0.400. The molecule has 1 aliphatic rings. The van der Waals surface area contributed by atoms with Crippen molar-refractivity contribution in [1.82, 2.24) is 5.32 Å². The number of benzene rings is 1. The van der Waals surface area contributed by atoms with Gasteiger partial charge in [0.25, 0.3) is 0 Å². The fourth-order valence-electron chi connectivity index (χ4n) is 1.87. The molecule has 0 radical (unpaired) electrons. The van der Waals surface area contributed by atoms with Gasteiger partial charge in [-0.05, 0) is 19.9 Å². The number of halogens is 2. The molecule has 0 saturated heterocycles. The molecular formula is C11H13F2NO. The van der Waals surface area contributed by atoms with E-state index in [-0.39, 0.29) is 11.3 Å². The summed E-state index contributed by atoms with van der Waals surface area (Å²) in [5.41, 5.74) is -0.369. The third-order valence-electron chi connectivity index (χ3n) is 2.96. The number of hydrogen-bond donors (Lipinski definition) is 1. The second-order valence-corrected chi connectivity index (χ2v) is 3.80. The number of hydrogen-bond acceptors (Lipinski definition) is 2. The molecular weight excluding hydrogens is 200 g/mol. The van der Waals surface area contributed by atoms with E-state index >= 15 is 0 Å². The van der Waals surface area contributed by atoms with Crippen LogP contribution >= 0.6 is 0 Å². The van der Waals surface area contributed by atoms with Crippen LogP contribution in [0.1, 0.15) is 18.4 Å². The van der Waals surface area contributed by atoms with Crippen molar-refractivity contribution in [1.29, 1.82) is 0 Å². The average Bonchev–Trinajstić information content (AvgIpc) is 2.97. The third-order valence-corrected chi connectivity index (χ3v) is 2.96. The van der Waals surface area contributed by atoms with E-state index in [1.807, 2.05) is 0 Å². The minimum absolute atomic E-state index is 0.130. The second-order valence-electron chi connectivity index (χ2n) is 3.80. The maximum absolute atomic E-state index is 13.7. The zero-order valence-corrected chi connectivity index (χ0v) is 8.73. The molecule has 2 rings (SSSR count). The summed E-state index contributed by atoms with van der Waals surface area (Å²) in [6.45, 7) is 0. The molecule has 1 aromatic carbocycles. The van der Waals surface area contributed by atoms with E-state index in [4.69, 9.17) is 4.74 Å². The van der Waals surface area contributed by atoms with Gasteiger partial charge >= 0.3 is 0 Å². The Morgan fingerprint density at radius 1 is 1.27 bits per heavy atom. The molecule has 0 heterocycles. The summed E-state index contributed by atoms with van der Waals surface area (Å²) in [4.78, 5) is 0. The first-order valence-corrected chi connectivity index (χ1v) is 4.85. The standard InChI is InChI=1S/C11H13F2NO/c1-14-11(3-4-11)10-8(12)5-7(15-2)6-9(10)13/h5-6,14H,3-4H2,1-2H3. The van der Waals surface area contributed by atoms with Crippen molar-refractivity contribution in [2.45, 2.75) is 18.4 Å². The lowest BCUT2D eigenvalue weighted by Crippen LogP contribution is -2.27. The Balaban J connectivity index is 2.48. The molecule has 2 nitrogen and oxygen atoms in total. The first-order chi connectivity index (χ1) is 7.13. The Morgan fingerprint density at radius 2 is 1.80 bits per heavy atom. The maximum atomic E-state index is 13.7. The van der Waals surface area contributed by atoms with Gasteiger partial charge in [-0.15, -0.1) is 0 Å². The zero-order chi connectivity index (χ0) is 11.1. The van der Waals surface area contributed by atoms with Crippen LogP contribution < -0.4 is 10.1 Å². The fraction of sp³-hybridized carbons (Fsp3) is 0.455. The summed E-state index contributed by atoms with van der Waals surface area (Å²) in [6.07, 6.45) is 1.54. The van der Waals surface area contributed by atoms with Gasteiger partial charge in [0.1, 0.15) is 17.4 Å². The van der Waals surface area contributed by atoms with Crippen LogP contribution in [0.25, 0.3) is 0 Å². The highest BCUT2D eigenvalue weighted by molar-refractivity contribution is 5.38. The molecule has 1 N–H and O–H groups in total. The van der Waals surface area contributed by atoms with E-state index in [9.17, 15) is 8.78 Å². The van der Waals surface area contributed by atoms with Gasteiger partial charge in [0.05, 0.1) is 7.11 Å². The van der Waals surface area contributed by atoms with Gasteiger partial charge in [-0.1, -0.05) is 0 Å². The largest absolute Gasteiger partial charge is 0.497 e. The molecule has 1 aromatic rings. The Morgan fingerprint density at radius 3 is 2.13 bits per heavy atom. The molecule has 0 aliphatic heterocycles. The lowest BCUT2D eigenvalue weighted by atomic mass is 10.0. The highest BCUT2D eigenvalue weighted by Gasteiger charge is 2.46. The van der Waals surface area contributed by atoms with Crippen LogP contribution in [0.2, 0.25) is 0 Å². The number of rotatable bonds is 3. The lowest BCUT2D eigenvalue weighted by Gasteiger charge is -2.17. The van der Waals surface area contributed by atoms with Crippen molar-refractivity contribution in [2.24, 2.45) is 0 Å². The Bertz CT molecular complexity index is 365. The SMILES string of the molecule is CNC1(c2c(F)cc(OC)cc2F)CC1. The van der Waals surface area contributed by atoms with Crippen LogP contribution in [0.4, 0.5) is 8.78 Å². The van der Waals surface area contributed by atoms with Crippen LogP contribution in [0.15, 0.2) is 12.1 Å². The smallest absolute Gasteiger partial charge is 0.134 e. The fourth-order valence-corrected chi connectivity index (χ4v) is 1.87. The third kappa shape index (κ3) is 1.59. The van der Waals surface area contributed by atoms with Gasteiger partial charge in [-0.25, -0.2) is 8.78 Å². The van der Waals surface area contributed by atoms with E-state index in [0.717, 1.165) is 12.8 Å². The summed E-state index contributed by atoms with van der Waals surface area (Å²) in [5.74, 6) is -0.877. The molecule has 0 spiro atoms. The van der Waals surface area contributed by atoms with Crippen molar-refractivity contribution < 1.29 is 13.5 Å². The molecule has 1 fully saturated rings. The summed E-state index contributed by atoms with van der Waals surface area (Å²) in [6, 6.07) is 2.44. The van der Waals surface area contributed by atoms with Gasteiger partial charge in [-0.2, -0.15) is 0 Å². The quantitative estimate of drug-likeness (QED) is 0.831. The predicted molar refractivity (Wildman–Crippen MR) is 52.9 cm³/mol. The molecule has 0 aromatic heterocycles. The minimum atomic E-state index is -0.543. The first kappa shape index (κ1) is 10.4. The van der Waals surface area contributed by atoms with Crippen molar-refractivity contribution in [3.8, 4) is 5.75 Å². The van der Waals surface area contributed by atoms with Crippen molar-refractivity contribution >= 4 is 0 Å². The second kappa shape index (κ2) is 3.45. The van der Waals surface area contributed by atoms with Crippen molar-refractivity contribution in [2.75, 3.05) is 14.2 Å². The molecule has 0 bridgehead atoms. The Labute approximate surface area is 87.2 Å². The normalized spacial score (nSPS) is 17.6. The van der Waals surface area contributed by atoms with Crippen LogP contribution in [-0.2, 0) is 5.54 Å². The van der Waals surface area contributed by atoms with E-state index in [1.165, 1.54) is 19.2 Å². The molecule has 15 heavy (non-hydrogen) atoms. The molecule has 1 aliphatic carbocycles. The van der Waals surface area contributed by atoms with Crippen LogP contribution in [0, 0.1) is 11.6 Å². The molecule has 0 amide bonds. The number of ether oxygens (including phenoxy) is 1. The topological polar surface area (TPSA) is 21.3 Å². The summed E-state index contributed by atoms with van der Waals surface area (Å²) in [5, 5.41) is 2.97. The molecule has 1 saturated carbocycles. The summed E-state index contributed by atoms with van der Waals surface area (Å²) in [7, 11) is 3.11. The van der Waals surface area contributed by atoms with E-state index in [1.54, 1.807) is 7.05 Å². The summed E-state index contributed by atoms with van der Waals surface area (Å²) < 4.78 is 32.1. The van der Waals surface area contributed by atoms with E-state index in [0.29, 0.717) is 0 Å². The van der Waals surface area contributed by atoms with Crippen molar-refractivity contribution in [3.05, 3.63) is 29.3 Å². The van der Waals surface area contributed by atoms with Gasteiger partial charge in [0.2, 0.25) is 0 Å². The van der Waals surface area contributed by atoms with Gasteiger partial charge in [0.15, 0.2) is 0 Å². The van der Waals surface area contributed by atoms with Crippen LogP contribution in [0.5, 0.6) is 5.75 Å². The van der Waals surface area contributed by atoms with Crippen LogP contribution in [0.3, 0.4) is 0 Å². The van der Waals surface area contributed by atoms with Crippen LogP contribution in [-0.4, -0.2) is 14.2 Å². The highest BCUT2D eigenvalue weighted by Crippen LogP contribution is 2.47. The predicted octanol–water partition coefficient (Wildman–Crippen LogP) is 2.18. The van der Waals surface area contributed by atoms with E-state index < -0.39 is 17.2 Å². The number of nitrogens with one attached hydrogen (secondary N) is 1. The summed E-state index contributed by atoms with van der Waals surface area (Å²) >= 11 is 0. The Kier molecular flexibility index (Phi) is 2.38. The average molecular weight is 213 g/mol. The number of methoxy groups -OCH3 is 1. The monoisotopic (exact) mass is 213 g/mol. The van der Waals surface area contributed by atoms with E-state index in [2.05, 4.69) is 5.32 Å².